The first-order valence-electron chi connectivity index (χ1n) is 9.73. The SMILES string of the molecule is CCCc1nn(CC#CCN2CCN(C)CC2)c(=NC(=O)c2ccccc2)s1. The van der Waals surface area contributed by atoms with Gasteiger partial charge in [0.05, 0.1) is 6.54 Å². The predicted molar refractivity (Wildman–Crippen MR) is 112 cm³/mol. The van der Waals surface area contributed by atoms with E-state index in [4.69, 9.17) is 0 Å². The number of carbonyl (C=O) groups excluding carboxylic acids is 1. The van der Waals surface area contributed by atoms with E-state index in [1.54, 1.807) is 16.8 Å². The van der Waals surface area contributed by atoms with E-state index in [-0.39, 0.29) is 5.91 Å². The number of aryl methyl sites for hydroxylation is 1. The average molecular weight is 398 g/mol. The van der Waals surface area contributed by atoms with Gasteiger partial charge in [-0.15, -0.1) is 0 Å². The molecular formula is C21H27N5OS. The van der Waals surface area contributed by atoms with Crippen LogP contribution in [0.25, 0.3) is 0 Å². The minimum Gasteiger partial charge on any atom is -0.304 e. The molecule has 0 unspecified atom stereocenters. The van der Waals surface area contributed by atoms with Gasteiger partial charge < -0.3 is 4.90 Å². The zero-order valence-corrected chi connectivity index (χ0v) is 17.4. The minimum absolute atomic E-state index is 0.244. The third-order valence-corrected chi connectivity index (χ3v) is 5.60. The van der Waals surface area contributed by atoms with Crippen LogP contribution in [0.15, 0.2) is 35.3 Å². The van der Waals surface area contributed by atoms with E-state index in [2.05, 4.69) is 45.7 Å². The summed E-state index contributed by atoms with van der Waals surface area (Å²) in [6.07, 6.45) is 1.89. The number of nitrogens with zero attached hydrogens (tertiary/aromatic N) is 5. The van der Waals surface area contributed by atoms with Crippen molar-refractivity contribution in [3.63, 3.8) is 0 Å². The van der Waals surface area contributed by atoms with Gasteiger partial charge in [0.25, 0.3) is 5.91 Å². The van der Waals surface area contributed by atoms with Gasteiger partial charge in [0.15, 0.2) is 0 Å². The standard InChI is InChI=1S/C21H27N5OS/c1-3-9-19-23-26(13-8-7-12-25-16-14-24(2)15-17-25)21(28-19)22-20(27)18-10-5-4-6-11-18/h4-6,10-11H,3,9,12-17H2,1-2H3. The lowest BCUT2D eigenvalue weighted by atomic mass is 10.2. The fraction of sp³-hybridized carbons (Fsp3) is 0.476. The average Bonchev–Trinajstić information content (AvgIpc) is 3.08. The maximum Gasteiger partial charge on any atom is 0.279 e. The molecule has 2 aromatic rings. The van der Waals surface area contributed by atoms with E-state index >= 15 is 0 Å². The first kappa shape index (κ1) is 20.5. The van der Waals surface area contributed by atoms with Gasteiger partial charge in [-0.3, -0.25) is 9.69 Å². The Morgan fingerprint density at radius 1 is 1.14 bits per heavy atom. The van der Waals surface area contributed by atoms with Crippen LogP contribution in [0.5, 0.6) is 0 Å². The monoisotopic (exact) mass is 397 g/mol. The number of benzene rings is 1. The Balaban J connectivity index is 1.71. The fourth-order valence-corrected chi connectivity index (χ4v) is 3.89. The summed E-state index contributed by atoms with van der Waals surface area (Å²) in [4.78, 5) is 22.1. The number of piperazine rings is 1. The molecule has 0 saturated carbocycles. The van der Waals surface area contributed by atoms with Crippen LogP contribution in [0.3, 0.4) is 0 Å². The molecule has 1 aliphatic heterocycles. The Labute approximate surface area is 170 Å². The van der Waals surface area contributed by atoms with Crippen LogP contribution in [-0.2, 0) is 13.0 Å². The first-order valence-corrected chi connectivity index (χ1v) is 10.5. The normalized spacial score (nSPS) is 16.0. The Hall–Kier alpha value is -2.27. The minimum atomic E-state index is -0.244. The Kier molecular flexibility index (Phi) is 7.54. The second-order valence-electron chi connectivity index (χ2n) is 6.90. The predicted octanol–water partition coefficient (Wildman–Crippen LogP) is 1.89. The number of hydrogen-bond acceptors (Lipinski definition) is 5. The van der Waals surface area contributed by atoms with Gasteiger partial charge in [0.2, 0.25) is 4.80 Å². The summed E-state index contributed by atoms with van der Waals surface area (Å²) in [5.74, 6) is 6.20. The van der Waals surface area contributed by atoms with Crippen molar-refractivity contribution in [1.29, 1.82) is 0 Å². The molecule has 0 N–H and O–H groups in total. The van der Waals surface area contributed by atoms with Crippen LogP contribution in [-0.4, -0.2) is 65.3 Å². The molecule has 0 bridgehead atoms. The van der Waals surface area contributed by atoms with Crippen LogP contribution in [0.2, 0.25) is 0 Å². The molecule has 1 aliphatic rings. The van der Waals surface area contributed by atoms with Gasteiger partial charge in [-0.1, -0.05) is 48.3 Å². The summed E-state index contributed by atoms with van der Waals surface area (Å²) in [6, 6.07) is 9.13. The molecule has 3 rings (SSSR count). The van der Waals surface area contributed by atoms with Crippen molar-refractivity contribution in [3.05, 3.63) is 45.7 Å². The summed E-state index contributed by atoms with van der Waals surface area (Å²) < 4.78 is 1.76. The van der Waals surface area contributed by atoms with Crippen molar-refractivity contribution in [3.8, 4) is 11.8 Å². The van der Waals surface area contributed by atoms with Gasteiger partial charge in [0.1, 0.15) is 11.6 Å². The summed E-state index contributed by atoms with van der Waals surface area (Å²) in [5, 5.41) is 5.60. The molecule has 1 amide bonds. The highest BCUT2D eigenvalue weighted by atomic mass is 32.1. The molecule has 6 nitrogen and oxygen atoms in total. The van der Waals surface area contributed by atoms with Crippen molar-refractivity contribution < 1.29 is 4.79 Å². The van der Waals surface area contributed by atoms with Gasteiger partial charge in [-0.25, -0.2) is 4.68 Å². The summed E-state index contributed by atoms with van der Waals surface area (Å²) in [5.41, 5.74) is 0.584. The first-order chi connectivity index (χ1) is 13.7. The number of hydrogen-bond donors (Lipinski definition) is 0. The summed E-state index contributed by atoms with van der Waals surface area (Å²) in [7, 11) is 2.15. The van der Waals surface area contributed by atoms with Crippen molar-refractivity contribution in [1.82, 2.24) is 19.6 Å². The van der Waals surface area contributed by atoms with Crippen LogP contribution in [0, 0.1) is 11.8 Å². The second-order valence-corrected chi connectivity index (χ2v) is 7.94. The number of rotatable bonds is 5. The van der Waals surface area contributed by atoms with Crippen molar-refractivity contribution in [2.45, 2.75) is 26.3 Å². The third-order valence-electron chi connectivity index (χ3n) is 4.60. The smallest absolute Gasteiger partial charge is 0.279 e. The lowest BCUT2D eigenvalue weighted by Crippen LogP contribution is -2.44. The summed E-state index contributed by atoms with van der Waals surface area (Å²) >= 11 is 1.47. The molecule has 7 heteroatoms. The van der Waals surface area contributed by atoms with E-state index in [0.29, 0.717) is 16.9 Å². The highest BCUT2D eigenvalue weighted by Crippen LogP contribution is 2.05. The quantitative estimate of drug-likeness (QED) is 0.723. The highest BCUT2D eigenvalue weighted by Gasteiger charge is 2.12. The zero-order chi connectivity index (χ0) is 19.8. The fourth-order valence-electron chi connectivity index (χ4n) is 2.89. The second kappa shape index (κ2) is 10.3. The van der Waals surface area contributed by atoms with Crippen LogP contribution >= 0.6 is 11.3 Å². The van der Waals surface area contributed by atoms with Crippen molar-refractivity contribution in [2.75, 3.05) is 39.8 Å². The number of aromatic nitrogens is 2. The molecule has 1 aromatic carbocycles. The summed E-state index contributed by atoms with van der Waals surface area (Å²) in [6.45, 7) is 7.64. The number of carbonyl (C=O) groups is 1. The molecule has 0 spiro atoms. The molecule has 0 aliphatic carbocycles. The topological polar surface area (TPSA) is 53.7 Å². The molecule has 1 fully saturated rings. The highest BCUT2D eigenvalue weighted by molar-refractivity contribution is 7.08. The molecule has 28 heavy (non-hydrogen) atoms. The van der Waals surface area contributed by atoms with Gasteiger partial charge in [-0.05, 0) is 25.6 Å². The molecule has 1 aromatic heterocycles. The Morgan fingerprint density at radius 3 is 2.57 bits per heavy atom. The Bertz CT molecular complexity index is 898. The lowest BCUT2D eigenvalue weighted by Gasteiger charge is -2.30. The van der Waals surface area contributed by atoms with E-state index in [9.17, 15) is 4.79 Å². The van der Waals surface area contributed by atoms with Crippen molar-refractivity contribution in [2.24, 2.45) is 4.99 Å². The van der Waals surface area contributed by atoms with Crippen LogP contribution in [0.1, 0.15) is 28.7 Å². The van der Waals surface area contributed by atoms with Crippen LogP contribution in [0.4, 0.5) is 0 Å². The molecular weight excluding hydrogens is 370 g/mol. The van der Waals surface area contributed by atoms with Gasteiger partial charge in [-0.2, -0.15) is 10.1 Å². The molecule has 0 atom stereocenters. The molecule has 0 radical (unpaired) electrons. The van der Waals surface area contributed by atoms with Crippen LogP contribution < -0.4 is 4.80 Å². The molecule has 2 heterocycles. The maximum absolute atomic E-state index is 12.4. The molecule has 1 saturated heterocycles. The number of amides is 1. The van der Waals surface area contributed by atoms with E-state index < -0.39 is 0 Å². The Morgan fingerprint density at radius 2 is 1.86 bits per heavy atom. The lowest BCUT2D eigenvalue weighted by molar-refractivity contribution is 0.0997. The van der Waals surface area contributed by atoms with Gasteiger partial charge >= 0.3 is 0 Å². The number of likely N-dealkylation sites (N-methyl/N-ethyl adjacent to an activating group) is 1. The van der Waals surface area contributed by atoms with E-state index in [1.165, 1.54) is 11.3 Å². The van der Waals surface area contributed by atoms with E-state index in [1.807, 2.05) is 18.2 Å². The largest absolute Gasteiger partial charge is 0.304 e. The van der Waals surface area contributed by atoms with Gasteiger partial charge in [0, 0.05) is 38.2 Å². The van der Waals surface area contributed by atoms with Crippen molar-refractivity contribution >= 4 is 17.2 Å². The maximum atomic E-state index is 12.4. The zero-order valence-electron chi connectivity index (χ0n) is 16.6. The third kappa shape index (κ3) is 5.86. The van der Waals surface area contributed by atoms with E-state index in [0.717, 1.165) is 50.6 Å². The molecule has 148 valence electrons.